The third kappa shape index (κ3) is 5.67. The van der Waals surface area contributed by atoms with Gasteiger partial charge in [0.05, 0.1) is 5.92 Å². The number of benzene rings is 2. The van der Waals surface area contributed by atoms with Crippen LogP contribution >= 0.6 is 0 Å². The summed E-state index contributed by atoms with van der Waals surface area (Å²) < 4.78 is 14.0. The van der Waals surface area contributed by atoms with E-state index < -0.39 is 0 Å². The molecule has 2 aromatic rings. The molecule has 4 rings (SSSR count). The van der Waals surface area contributed by atoms with E-state index in [2.05, 4.69) is 39.4 Å². The van der Waals surface area contributed by atoms with Gasteiger partial charge in [0.15, 0.2) is 0 Å². The van der Waals surface area contributed by atoms with Gasteiger partial charge < -0.3 is 5.32 Å². The maximum Gasteiger partial charge on any atom is 0.224 e. The van der Waals surface area contributed by atoms with E-state index in [0.29, 0.717) is 25.2 Å². The molecule has 1 atom stereocenters. The van der Waals surface area contributed by atoms with E-state index >= 15 is 0 Å². The van der Waals surface area contributed by atoms with Gasteiger partial charge in [0.2, 0.25) is 5.91 Å². The molecule has 0 spiro atoms. The van der Waals surface area contributed by atoms with Crippen molar-refractivity contribution in [2.45, 2.75) is 45.3 Å². The number of piperidine rings is 1. The molecule has 4 nitrogen and oxygen atoms in total. The highest BCUT2D eigenvalue weighted by molar-refractivity contribution is 5.79. The molecule has 160 valence electrons. The highest BCUT2D eigenvalue weighted by Gasteiger charge is 2.26. The fourth-order valence-electron chi connectivity index (χ4n) is 4.65. The zero-order valence-corrected chi connectivity index (χ0v) is 17.7. The second-order valence-electron chi connectivity index (χ2n) is 8.69. The van der Waals surface area contributed by atoms with E-state index in [1.54, 1.807) is 6.07 Å². The van der Waals surface area contributed by atoms with E-state index in [0.717, 1.165) is 31.5 Å². The van der Waals surface area contributed by atoms with Crippen LogP contribution in [-0.2, 0) is 24.4 Å². The number of halogens is 1. The molecule has 0 radical (unpaired) electrons. The van der Waals surface area contributed by atoms with E-state index in [1.165, 1.54) is 37.6 Å². The number of likely N-dealkylation sites (tertiary alicyclic amines) is 2. The molecule has 1 amide bonds. The van der Waals surface area contributed by atoms with Crippen LogP contribution in [0.1, 0.15) is 42.4 Å². The Morgan fingerprint density at radius 1 is 0.933 bits per heavy atom. The quantitative estimate of drug-likeness (QED) is 0.752. The normalized spacial score (nSPS) is 20.4. The van der Waals surface area contributed by atoms with Crippen LogP contribution in [-0.4, -0.2) is 41.9 Å². The molecule has 1 N–H and O–H groups in total. The first-order valence-corrected chi connectivity index (χ1v) is 11.2. The van der Waals surface area contributed by atoms with Crippen LogP contribution in [0.3, 0.4) is 0 Å². The highest BCUT2D eigenvalue weighted by Crippen LogP contribution is 2.20. The number of nitrogens with zero attached hydrogens (tertiary/aromatic N) is 2. The van der Waals surface area contributed by atoms with Gasteiger partial charge >= 0.3 is 0 Å². The Hall–Kier alpha value is -2.24. The number of carbonyl (C=O) groups excluding carboxylic acids is 1. The molecule has 0 aliphatic carbocycles. The summed E-state index contributed by atoms with van der Waals surface area (Å²) in [4.78, 5) is 17.5. The van der Waals surface area contributed by atoms with Crippen LogP contribution in [0.15, 0.2) is 48.5 Å². The first kappa shape index (κ1) is 21.0. The average molecular weight is 410 g/mol. The van der Waals surface area contributed by atoms with Crippen molar-refractivity contribution < 1.29 is 9.18 Å². The molecule has 0 aromatic heterocycles. The highest BCUT2D eigenvalue weighted by atomic mass is 19.1. The Kier molecular flexibility index (Phi) is 7.13. The lowest BCUT2D eigenvalue weighted by atomic mass is 9.96. The van der Waals surface area contributed by atoms with Crippen molar-refractivity contribution in [3.63, 3.8) is 0 Å². The molecule has 0 bridgehead atoms. The van der Waals surface area contributed by atoms with Crippen LogP contribution in [0.4, 0.5) is 4.39 Å². The topological polar surface area (TPSA) is 35.6 Å². The van der Waals surface area contributed by atoms with E-state index in [4.69, 9.17) is 0 Å². The second kappa shape index (κ2) is 10.2. The third-order valence-corrected chi connectivity index (χ3v) is 6.29. The van der Waals surface area contributed by atoms with Crippen LogP contribution in [0, 0.1) is 11.7 Å². The van der Waals surface area contributed by atoms with Gasteiger partial charge in [0, 0.05) is 31.7 Å². The molecule has 2 heterocycles. The van der Waals surface area contributed by atoms with Gasteiger partial charge in [0.25, 0.3) is 0 Å². The minimum atomic E-state index is -0.169. The third-order valence-electron chi connectivity index (χ3n) is 6.29. The standard InChI is InChI=1S/C25H32FN3O/c26-24-11-2-1-9-22(24)18-29-14-6-10-23(19-29)25(30)27-16-20-7-5-8-21(15-20)17-28-12-3-4-13-28/h1-2,5,7-9,11,15,23H,3-4,6,10,12-14,16-19H2,(H,27,30). The smallest absolute Gasteiger partial charge is 0.224 e. The summed E-state index contributed by atoms with van der Waals surface area (Å²) in [6.07, 6.45) is 4.46. The molecular weight excluding hydrogens is 377 g/mol. The van der Waals surface area contributed by atoms with E-state index in [1.807, 2.05) is 12.1 Å². The van der Waals surface area contributed by atoms with E-state index in [-0.39, 0.29) is 17.6 Å². The van der Waals surface area contributed by atoms with Gasteiger partial charge in [-0.3, -0.25) is 14.6 Å². The SMILES string of the molecule is O=C(NCc1cccc(CN2CCCC2)c1)C1CCCN(Cc2ccccc2F)C1. The predicted molar refractivity (Wildman–Crippen MR) is 117 cm³/mol. The molecule has 0 saturated carbocycles. The molecule has 2 aliphatic heterocycles. The van der Waals surface area contributed by atoms with Crippen molar-refractivity contribution in [2.75, 3.05) is 26.2 Å². The van der Waals surface area contributed by atoms with Crippen LogP contribution in [0.5, 0.6) is 0 Å². The fourth-order valence-corrected chi connectivity index (χ4v) is 4.65. The molecule has 2 aliphatic rings. The minimum Gasteiger partial charge on any atom is -0.352 e. The fraction of sp³-hybridized carbons (Fsp3) is 0.480. The van der Waals surface area contributed by atoms with Gasteiger partial charge in [-0.15, -0.1) is 0 Å². The Morgan fingerprint density at radius 3 is 2.53 bits per heavy atom. The number of amides is 1. The lowest BCUT2D eigenvalue weighted by molar-refractivity contribution is -0.126. The van der Waals surface area contributed by atoms with Gasteiger partial charge in [-0.25, -0.2) is 4.39 Å². The molecule has 2 fully saturated rings. The monoisotopic (exact) mass is 409 g/mol. The first-order valence-electron chi connectivity index (χ1n) is 11.2. The summed E-state index contributed by atoms with van der Waals surface area (Å²) in [6, 6.07) is 15.5. The molecule has 5 heteroatoms. The van der Waals surface area contributed by atoms with Gasteiger partial charge in [-0.2, -0.15) is 0 Å². The summed E-state index contributed by atoms with van der Waals surface area (Å²) in [5, 5.41) is 3.13. The number of rotatable bonds is 7. The Bertz CT molecular complexity index is 850. The predicted octanol–water partition coefficient (Wildman–Crippen LogP) is 3.95. The van der Waals surface area contributed by atoms with Gasteiger partial charge in [-0.1, -0.05) is 42.5 Å². The zero-order valence-electron chi connectivity index (χ0n) is 17.7. The van der Waals surface area contributed by atoms with Crippen molar-refractivity contribution in [2.24, 2.45) is 5.92 Å². The van der Waals surface area contributed by atoms with Crippen LogP contribution in [0.2, 0.25) is 0 Å². The number of hydrogen-bond donors (Lipinski definition) is 1. The van der Waals surface area contributed by atoms with Crippen molar-refractivity contribution in [3.05, 3.63) is 71.0 Å². The minimum absolute atomic E-state index is 0.0293. The van der Waals surface area contributed by atoms with Crippen LogP contribution < -0.4 is 5.32 Å². The maximum absolute atomic E-state index is 14.0. The van der Waals surface area contributed by atoms with Crippen molar-refractivity contribution in [1.82, 2.24) is 15.1 Å². The summed E-state index contributed by atoms with van der Waals surface area (Å²) >= 11 is 0. The van der Waals surface area contributed by atoms with Crippen molar-refractivity contribution in [1.29, 1.82) is 0 Å². The van der Waals surface area contributed by atoms with Gasteiger partial charge in [-0.05, 0) is 62.5 Å². The first-order chi connectivity index (χ1) is 14.7. The number of hydrogen-bond acceptors (Lipinski definition) is 3. The van der Waals surface area contributed by atoms with E-state index in [9.17, 15) is 9.18 Å². The van der Waals surface area contributed by atoms with Crippen molar-refractivity contribution >= 4 is 5.91 Å². The summed E-state index contributed by atoms with van der Waals surface area (Å²) in [7, 11) is 0. The Balaban J connectivity index is 1.28. The maximum atomic E-state index is 14.0. The Labute approximate surface area is 179 Å². The molecule has 30 heavy (non-hydrogen) atoms. The number of carbonyl (C=O) groups is 1. The zero-order chi connectivity index (χ0) is 20.8. The lowest BCUT2D eigenvalue weighted by Gasteiger charge is -2.32. The lowest BCUT2D eigenvalue weighted by Crippen LogP contribution is -2.42. The average Bonchev–Trinajstić information content (AvgIpc) is 3.27. The summed E-state index contributed by atoms with van der Waals surface area (Å²) in [6.45, 7) is 6.10. The largest absolute Gasteiger partial charge is 0.352 e. The van der Waals surface area contributed by atoms with Crippen LogP contribution in [0.25, 0.3) is 0 Å². The van der Waals surface area contributed by atoms with Gasteiger partial charge in [0.1, 0.15) is 5.82 Å². The molecule has 1 unspecified atom stereocenters. The molecule has 2 saturated heterocycles. The summed E-state index contributed by atoms with van der Waals surface area (Å²) in [5.74, 6) is -0.0885. The molecule has 2 aromatic carbocycles. The van der Waals surface area contributed by atoms with Crippen molar-refractivity contribution in [3.8, 4) is 0 Å². The Morgan fingerprint density at radius 2 is 1.70 bits per heavy atom. The second-order valence-corrected chi connectivity index (χ2v) is 8.69. The molecular formula is C25H32FN3O. The summed E-state index contributed by atoms with van der Waals surface area (Å²) in [5.41, 5.74) is 3.17. The number of nitrogens with one attached hydrogen (secondary N) is 1.